The first-order chi connectivity index (χ1) is 13.1. The number of nitrogens with zero attached hydrogens (tertiary/aromatic N) is 2. The summed E-state index contributed by atoms with van der Waals surface area (Å²) in [6.07, 6.45) is 11.0. The van der Waals surface area contributed by atoms with E-state index in [-0.39, 0.29) is 5.91 Å². The lowest BCUT2D eigenvalue weighted by Gasteiger charge is -2.57. The van der Waals surface area contributed by atoms with Gasteiger partial charge in [-0.2, -0.15) is 0 Å². The van der Waals surface area contributed by atoms with Gasteiger partial charge < -0.3 is 5.32 Å². The van der Waals surface area contributed by atoms with Crippen LogP contribution >= 0.6 is 0 Å². The fourth-order valence-corrected chi connectivity index (χ4v) is 6.43. The molecule has 1 aromatic carbocycles. The highest BCUT2D eigenvalue weighted by Gasteiger charge is 2.51. The number of aromatic nitrogens is 2. The van der Waals surface area contributed by atoms with Crippen LogP contribution in [0.25, 0.3) is 11.3 Å². The lowest BCUT2D eigenvalue weighted by Crippen LogP contribution is -2.47. The molecule has 0 spiro atoms. The third-order valence-electron chi connectivity index (χ3n) is 6.92. The molecule has 2 aromatic rings. The number of carbonyl (C=O) groups is 1. The molecule has 1 N–H and O–H groups in total. The Bertz CT molecular complexity index is 826. The molecule has 27 heavy (non-hydrogen) atoms. The SMILES string of the molecule is CC(=O)Nc1ncc(-c2ccccc2)nc1CC12CC3CC(CC(C3)C1)C2. The molecule has 1 amide bonds. The summed E-state index contributed by atoms with van der Waals surface area (Å²) in [4.78, 5) is 21.3. The number of carbonyl (C=O) groups excluding carboxylic acids is 1. The average molecular weight is 361 g/mol. The molecule has 4 heteroatoms. The second kappa shape index (κ2) is 6.43. The summed E-state index contributed by atoms with van der Waals surface area (Å²) in [5, 5.41) is 2.92. The lowest BCUT2D eigenvalue weighted by molar-refractivity contribution is -0.114. The van der Waals surface area contributed by atoms with Crippen LogP contribution in [0.4, 0.5) is 5.82 Å². The van der Waals surface area contributed by atoms with Gasteiger partial charge in [-0.3, -0.25) is 4.79 Å². The zero-order valence-electron chi connectivity index (χ0n) is 15.9. The smallest absolute Gasteiger partial charge is 0.222 e. The summed E-state index contributed by atoms with van der Waals surface area (Å²) in [5.41, 5.74) is 3.30. The first-order valence-electron chi connectivity index (χ1n) is 10.3. The third kappa shape index (κ3) is 3.26. The number of nitrogens with one attached hydrogen (secondary N) is 1. The van der Waals surface area contributed by atoms with Gasteiger partial charge >= 0.3 is 0 Å². The lowest BCUT2D eigenvalue weighted by atomic mass is 9.48. The number of benzene rings is 1. The van der Waals surface area contributed by atoms with Crippen LogP contribution in [0.1, 0.15) is 51.1 Å². The predicted molar refractivity (Wildman–Crippen MR) is 106 cm³/mol. The van der Waals surface area contributed by atoms with E-state index in [2.05, 4.69) is 22.4 Å². The molecule has 4 aliphatic carbocycles. The van der Waals surface area contributed by atoms with Gasteiger partial charge in [-0.1, -0.05) is 30.3 Å². The summed E-state index contributed by atoms with van der Waals surface area (Å²) in [7, 11) is 0. The van der Waals surface area contributed by atoms with Crippen molar-refractivity contribution in [3.05, 3.63) is 42.2 Å². The summed E-state index contributed by atoms with van der Waals surface area (Å²) >= 11 is 0. The van der Waals surface area contributed by atoms with Crippen LogP contribution in [-0.2, 0) is 11.2 Å². The summed E-state index contributed by atoms with van der Waals surface area (Å²) in [5.74, 6) is 3.30. The maximum atomic E-state index is 11.7. The van der Waals surface area contributed by atoms with Gasteiger partial charge in [0.15, 0.2) is 5.82 Å². The minimum atomic E-state index is -0.0801. The minimum absolute atomic E-state index is 0.0801. The van der Waals surface area contributed by atoms with E-state index >= 15 is 0 Å². The molecular formula is C23H27N3O. The van der Waals surface area contributed by atoms with Crippen molar-refractivity contribution < 1.29 is 4.79 Å². The van der Waals surface area contributed by atoms with E-state index in [0.29, 0.717) is 11.2 Å². The van der Waals surface area contributed by atoms with Crippen molar-refractivity contribution in [1.82, 2.24) is 9.97 Å². The normalized spacial score (nSPS) is 31.1. The topological polar surface area (TPSA) is 54.9 Å². The van der Waals surface area contributed by atoms with Crippen LogP contribution < -0.4 is 5.32 Å². The monoisotopic (exact) mass is 361 g/mol. The molecule has 4 nitrogen and oxygen atoms in total. The zero-order valence-corrected chi connectivity index (χ0v) is 15.9. The summed E-state index contributed by atoms with van der Waals surface area (Å²) in [6.45, 7) is 1.54. The summed E-state index contributed by atoms with van der Waals surface area (Å²) in [6, 6.07) is 10.2. The molecule has 0 unspecified atom stereocenters. The van der Waals surface area contributed by atoms with Crippen molar-refractivity contribution in [3.8, 4) is 11.3 Å². The highest BCUT2D eigenvalue weighted by atomic mass is 16.1. The van der Waals surface area contributed by atoms with Crippen LogP contribution in [0.5, 0.6) is 0 Å². The van der Waals surface area contributed by atoms with E-state index in [9.17, 15) is 4.79 Å². The quantitative estimate of drug-likeness (QED) is 0.846. The minimum Gasteiger partial charge on any atom is -0.309 e. The highest BCUT2D eigenvalue weighted by molar-refractivity contribution is 5.88. The zero-order chi connectivity index (χ0) is 18.4. The molecule has 4 fully saturated rings. The fourth-order valence-electron chi connectivity index (χ4n) is 6.43. The van der Waals surface area contributed by atoms with Crippen LogP contribution in [0.3, 0.4) is 0 Å². The van der Waals surface area contributed by atoms with Crippen molar-refractivity contribution in [2.45, 2.75) is 51.9 Å². The van der Waals surface area contributed by atoms with Crippen molar-refractivity contribution in [1.29, 1.82) is 0 Å². The fraction of sp³-hybridized carbons (Fsp3) is 0.522. The van der Waals surface area contributed by atoms with Crippen molar-refractivity contribution >= 4 is 11.7 Å². The number of amides is 1. The van der Waals surface area contributed by atoms with Crippen LogP contribution in [0.2, 0.25) is 0 Å². The van der Waals surface area contributed by atoms with Gasteiger partial charge in [-0.05, 0) is 68.1 Å². The van der Waals surface area contributed by atoms with Gasteiger partial charge in [0.1, 0.15) is 0 Å². The second-order valence-corrected chi connectivity index (χ2v) is 9.19. The van der Waals surface area contributed by atoms with Crippen molar-refractivity contribution in [3.63, 3.8) is 0 Å². The predicted octanol–water partition coefficient (Wildman–Crippen LogP) is 4.86. The average Bonchev–Trinajstić information content (AvgIpc) is 2.62. The van der Waals surface area contributed by atoms with E-state index in [4.69, 9.17) is 4.98 Å². The molecule has 140 valence electrons. The molecule has 6 rings (SSSR count). The maximum absolute atomic E-state index is 11.7. The molecule has 0 aliphatic heterocycles. The Morgan fingerprint density at radius 3 is 2.30 bits per heavy atom. The van der Waals surface area contributed by atoms with E-state index in [1.807, 2.05) is 18.2 Å². The molecule has 0 atom stereocenters. The van der Waals surface area contributed by atoms with Gasteiger partial charge in [-0.15, -0.1) is 0 Å². The van der Waals surface area contributed by atoms with E-state index in [1.54, 1.807) is 13.1 Å². The molecule has 1 heterocycles. The Labute approximate surface area is 160 Å². The number of anilines is 1. The molecule has 0 saturated heterocycles. The van der Waals surface area contributed by atoms with Crippen LogP contribution in [-0.4, -0.2) is 15.9 Å². The number of hydrogen-bond acceptors (Lipinski definition) is 3. The molecular weight excluding hydrogens is 334 g/mol. The maximum Gasteiger partial charge on any atom is 0.222 e. The largest absolute Gasteiger partial charge is 0.309 e. The van der Waals surface area contributed by atoms with E-state index in [1.165, 1.54) is 38.5 Å². The first kappa shape index (κ1) is 16.9. The Morgan fingerprint density at radius 1 is 1.07 bits per heavy atom. The van der Waals surface area contributed by atoms with Gasteiger partial charge in [-0.25, -0.2) is 9.97 Å². The third-order valence-corrected chi connectivity index (χ3v) is 6.92. The van der Waals surface area contributed by atoms with Gasteiger partial charge in [0.25, 0.3) is 0 Å². The Kier molecular flexibility index (Phi) is 4.03. The van der Waals surface area contributed by atoms with E-state index < -0.39 is 0 Å². The molecule has 4 bridgehead atoms. The van der Waals surface area contributed by atoms with Gasteiger partial charge in [0, 0.05) is 12.5 Å². The molecule has 4 aliphatic rings. The Morgan fingerprint density at radius 2 is 1.70 bits per heavy atom. The van der Waals surface area contributed by atoms with Crippen LogP contribution in [0.15, 0.2) is 36.5 Å². The van der Waals surface area contributed by atoms with Crippen LogP contribution in [0, 0.1) is 23.2 Å². The molecule has 1 aromatic heterocycles. The van der Waals surface area contributed by atoms with Gasteiger partial charge in [0.2, 0.25) is 5.91 Å². The number of hydrogen-bond donors (Lipinski definition) is 1. The first-order valence-corrected chi connectivity index (χ1v) is 10.3. The van der Waals surface area contributed by atoms with Crippen molar-refractivity contribution in [2.75, 3.05) is 5.32 Å². The van der Waals surface area contributed by atoms with Crippen molar-refractivity contribution in [2.24, 2.45) is 23.2 Å². The second-order valence-electron chi connectivity index (χ2n) is 9.19. The number of rotatable bonds is 4. The summed E-state index contributed by atoms with van der Waals surface area (Å²) < 4.78 is 0. The standard InChI is InChI=1S/C23H27N3O/c1-15(27)25-22-20(26-21(14-24-22)19-5-3-2-4-6-19)13-23-10-16-7-17(11-23)9-18(8-16)12-23/h2-6,14,16-18H,7-13H2,1H3,(H,24,25,27). The molecule has 4 saturated carbocycles. The Balaban J connectivity index is 1.50. The Hall–Kier alpha value is -2.23. The highest BCUT2D eigenvalue weighted by Crippen LogP contribution is 2.61. The van der Waals surface area contributed by atoms with E-state index in [0.717, 1.165) is 41.1 Å². The molecule has 0 radical (unpaired) electrons. The van der Waals surface area contributed by atoms with Gasteiger partial charge in [0.05, 0.1) is 17.6 Å².